The van der Waals surface area contributed by atoms with Crippen LogP contribution in [0.4, 0.5) is 0 Å². The zero-order valence-corrected chi connectivity index (χ0v) is 12.0. The lowest BCUT2D eigenvalue weighted by Crippen LogP contribution is -2.43. The Hall–Kier alpha value is -0.850. The van der Waals surface area contributed by atoms with E-state index in [0.717, 1.165) is 31.4 Å². The van der Waals surface area contributed by atoms with Crippen molar-refractivity contribution < 1.29 is 8.42 Å². The van der Waals surface area contributed by atoms with Gasteiger partial charge in [0.15, 0.2) is 0 Å². The van der Waals surface area contributed by atoms with Gasteiger partial charge in [-0.1, -0.05) is 6.92 Å². The zero-order valence-electron chi connectivity index (χ0n) is 11.2. The number of hydrogen-bond acceptors (Lipinski definition) is 3. The number of nitrogens with two attached hydrogens (primary N) is 1. The minimum absolute atomic E-state index is 0.102. The van der Waals surface area contributed by atoms with Crippen molar-refractivity contribution in [2.45, 2.75) is 56.1 Å². The Morgan fingerprint density at radius 3 is 2.63 bits per heavy atom. The zero-order chi connectivity index (χ0) is 13.6. The first-order chi connectivity index (χ1) is 8.99. The molecule has 1 aromatic rings. The van der Waals surface area contributed by atoms with Crippen LogP contribution in [0.3, 0.4) is 0 Å². The molecule has 0 amide bonds. The minimum Gasteiger partial charge on any atom is -0.346 e. The molecule has 2 aliphatic carbocycles. The highest BCUT2D eigenvalue weighted by Crippen LogP contribution is 2.37. The summed E-state index contributed by atoms with van der Waals surface area (Å²) in [7, 11) is -3.39. The molecule has 19 heavy (non-hydrogen) atoms. The lowest BCUT2D eigenvalue weighted by molar-refractivity contribution is 0.270. The quantitative estimate of drug-likeness (QED) is 0.856. The van der Waals surface area contributed by atoms with Gasteiger partial charge in [-0.05, 0) is 37.7 Å². The summed E-state index contributed by atoms with van der Waals surface area (Å²) >= 11 is 0. The van der Waals surface area contributed by atoms with E-state index in [1.807, 2.05) is 4.57 Å². The van der Waals surface area contributed by atoms with Crippen LogP contribution < -0.4 is 10.5 Å². The molecule has 3 rings (SSSR count). The van der Waals surface area contributed by atoms with Gasteiger partial charge in [0.1, 0.15) is 0 Å². The van der Waals surface area contributed by atoms with Crippen LogP contribution in [-0.4, -0.2) is 19.0 Å². The largest absolute Gasteiger partial charge is 0.346 e. The average molecular weight is 283 g/mol. The second kappa shape index (κ2) is 4.61. The van der Waals surface area contributed by atoms with Crippen LogP contribution in [0.1, 0.15) is 44.3 Å². The Morgan fingerprint density at radius 2 is 2.11 bits per heavy atom. The Bertz CT molecular complexity index is 569. The van der Waals surface area contributed by atoms with Crippen molar-refractivity contribution in [2.24, 2.45) is 11.7 Å². The number of hydrogen-bond donors (Lipinski definition) is 2. The van der Waals surface area contributed by atoms with E-state index in [2.05, 4.69) is 11.6 Å². The number of sulfonamides is 1. The number of aromatic nitrogens is 1. The van der Waals surface area contributed by atoms with Crippen molar-refractivity contribution in [1.29, 1.82) is 0 Å². The van der Waals surface area contributed by atoms with Gasteiger partial charge >= 0.3 is 0 Å². The normalized spacial score (nSPS) is 27.3. The van der Waals surface area contributed by atoms with Crippen LogP contribution >= 0.6 is 0 Å². The fraction of sp³-hybridized carbons (Fsp3) is 0.692. The third kappa shape index (κ3) is 2.57. The molecular weight excluding hydrogens is 262 g/mol. The maximum absolute atomic E-state index is 12.3. The van der Waals surface area contributed by atoms with Gasteiger partial charge in [-0.3, -0.25) is 0 Å². The van der Waals surface area contributed by atoms with Gasteiger partial charge in [0.05, 0.1) is 4.90 Å². The van der Waals surface area contributed by atoms with Crippen molar-refractivity contribution in [3.63, 3.8) is 0 Å². The van der Waals surface area contributed by atoms with E-state index in [0.29, 0.717) is 23.4 Å². The third-order valence-corrected chi connectivity index (χ3v) is 5.55. The van der Waals surface area contributed by atoms with Crippen molar-refractivity contribution >= 4 is 10.0 Å². The Morgan fingerprint density at radius 1 is 1.42 bits per heavy atom. The van der Waals surface area contributed by atoms with Gasteiger partial charge in [-0.15, -0.1) is 0 Å². The summed E-state index contributed by atoms with van der Waals surface area (Å²) in [5, 5.41) is 0. The van der Waals surface area contributed by atoms with Gasteiger partial charge in [0, 0.05) is 30.5 Å². The standard InChI is InChI=1S/C13H21N3O2S/c1-9-4-10(5-9)15-19(17,18)13-6-12(7-14)16(8-13)11-2-3-11/h6,8-11,15H,2-5,7,14H2,1H3. The van der Waals surface area contributed by atoms with E-state index in [-0.39, 0.29) is 6.04 Å². The number of rotatable bonds is 5. The van der Waals surface area contributed by atoms with E-state index in [4.69, 9.17) is 5.73 Å². The summed E-state index contributed by atoms with van der Waals surface area (Å²) in [4.78, 5) is 0.361. The van der Waals surface area contributed by atoms with E-state index >= 15 is 0 Å². The second-order valence-corrected chi connectivity index (χ2v) is 7.62. The molecule has 0 radical (unpaired) electrons. The van der Waals surface area contributed by atoms with Crippen LogP contribution in [-0.2, 0) is 16.6 Å². The summed E-state index contributed by atoms with van der Waals surface area (Å²) in [6, 6.07) is 2.26. The van der Waals surface area contributed by atoms with Gasteiger partial charge in [0.25, 0.3) is 0 Å². The molecule has 0 aliphatic heterocycles. The monoisotopic (exact) mass is 283 g/mol. The Balaban J connectivity index is 1.80. The van der Waals surface area contributed by atoms with Gasteiger partial charge in [0.2, 0.25) is 10.0 Å². The lowest BCUT2D eigenvalue weighted by Gasteiger charge is -2.32. The molecule has 106 valence electrons. The molecule has 2 aliphatic rings. The van der Waals surface area contributed by atoms with Crippen molar-refractivity contribution in [3.8, 4) is 0 Å². The molecule has 1 aromatic heterocycles. The van der Waals surface area contributed by atoms with E-state index < -0.39 is 10.0 Å². The van der Waals surface area contributed by atoms with Gasteiger partial charge in [-0.2, -0.15) is 0 Å². The minimum atomic E-state index is -3.39. The SMILES string of the molecule is CC1CC(NS(=O)(=O)c2cc(CN)n(C3CC3)c2)C1. The van der Waals surface area contributed by atoms with Crippen LogP contribution in [0.2, 0.25) is 0 Å². The smallest absolute Gasteiger partial charge is 0.242 e. The molecule has 0 unspecified atom stereocenters. The summed E-state index contributed by atoms with van der Waals surface area (Å²) in [6.07, 6.45) is 5.85. The molecule has 0 bridgehead atoms. The van der Waals surface area contributed by atoms with Crippen molar-refractivity contribution in [2.75, 3.05) is 0 Å². The molecule has 3 N–H and O–H groups in total. The van der Waals surface area contributed by atoms with Crippen LogP contribution in [0, 0.1) is 5.92 Å². The molecule has 1 heterocycles. The maximum Gasteiger partial charge on any atom is 0.242 e. The molecule has 0 saturated heterocycles. The Labute approximate surface area is 114 Å². The van der Waals surface area contributed by atoms with E-state index in [1.54, 1.807) is 12.3 Å². The Kier molecular flexibility index (Phi) is 3.19. The highest BCUT2D eigenvalue weighted by atomic mass is 32.2. The summed E-state index contributed by atoms with van der Waals surface area (Å²) < 4.78 is 29.4. The first-order valence-electron chi connectivity index (χ1n) is 6.92. The molecule has 0 spiro atoms. The predicted octanol–water partition coefficient (Wildman–Crippen LogP) is 1.36. The first kappa shape index (κ1) is 13.1. The number of nitrogens with one attached hydrogen (secondary N) is 1. The summed E-state index contributed by atoms with van der Waals surface area (Å²) in [5.74, 6) is 0.628. The predicted molar refractivity (Wildman–Crippen MR) is 73.1 cm³/mol. The van der Waals surface area contributed by atoms with Gasteiger partial charge < -0.3 is 10.3 Å². The molecule has 0 atom stereocenters. The van der Waals surface area contributed by atoms with Crippen LogP contribution in [0.15, 0.2) is 17.2 Å². The fourth-order valence-electron chi connectivity index (χ4n) is 2.79. The molecule has 0 aromatic carbocycles. The third-order valence-electron chi connectivity index (χ3n) is 4.06. The van der Waals surface area contributed by atoms with E-state index in [9.17, 15) is 8.42 Å². The molecule has 6 heteroatoms. The highest BCUT2D eigenvalue weighted by Gasteiger charge is 2.32. The molecule has 5 nitrogen and oxygen atoms in total. The van der Waals surface area contributed by atoms with Crippen LogP contribution in [0.5, 0.6) is 0 Å². The van der Waals surface area contributed by atoms with E-state index in [1.165, 1.54) is 0 Å². The molecule has 2 saturated carbocycles. The first-order valence-corrected chi connectivity index (χ1v) is 8.41. The highest BCUT2D eigenvalue weighted by molar-refractivity contribution is 7.89. The van der Waals surface area contributed by atoms with Crippen LogP contribution in [0.25, 0.3) is 0 Å². The summed E-state index contributed by atoms with van der Waals surface area (Å²) in [5.41, 5.74) is 6.60. The molecule has 2 fully saturated rings. The van der Waals surface area contributed by atoms with Gasteiger partial charge in [-0.25, -0.2) is 13.1 Å². The average Bonchev–Trinajstić information content (AvgIpc) is 3.05. The second-order valence-electron chi connectivity index (χ2n) is 5.90. The lowest BCUT2D eigenvalue weighted by atomic mass is 9.83. The van der Waals surface area contributed by atoms with Crippen molar-refractivity contribution in [3.05, 3.63) is 18.0 Å². The maximum atomic E-state index is 12.3. The topological polar surface area (TPSA) is 77.1 Å². The summed E-state index contributed by atoms with van der Waals surface area (Å²) in [6.45, 7) is 2.52. The molecular formula is C13H21N3O2S. The fourth-order valence-corrected chi connectivity index (χ4v) is 4.10. The van der Waals surface area contributed by atoms with Crippen molar-refractivity contribution in [1.82, 2.24) is 9.29 Å². The number of nitrogens with zero attached hydrogens (tertiary/aromatic N) is 1.